The number of fused-ring (bicyclic) bond motifs is 1. The Morgan fingerprint density at radius 1 is 1.27 bits per heavy atom. The van der Waals surface area contributed by atoms with Gasteiger partial charge in [-0.2, -0.15) is 4.98 Å². The molecule has 2 aromatic heterocycles. The Morgan fingerprint density at radius 2 is 2.05 bits per heavy atom. The van der Waals surface area contributed by atoms with Crippen LogP contribution >= 0.6 is 11.6 Å². The predicted molar refractivity (Wildman–Crippen MR) is 84.4 cm³/mol. The molecule has 0 amide bonds. The fourth-order valence-electron chi connectivity index (χ4n) is 2.22. The van der Waals surface area contributed by atoms with Crippen LogP contribution in [-0.4, -0.2) is 26.6 Å². The molecule has 0 aliphatic rings. The van der Waals surface area contributed by atoms with Crippen LogP contribution in [0.4, 0.5) is 0 Å². The third-order valence-corrected chi connectivity index (χ3v) is 3.31. The van der Waals surface area contributed by atoms with E-state index in [0.29, 0.717) is 5.82 Å². The number of nitrogens with zero attached hydrogens (tertiary/aromatic N) is 3. The number of hydrogen-bond acceptors (Lipinski definition) is 4. The molecule has 0 saturated heterocycles. The van der Waals surface area contributed by atoms with Gasteiger partial charge in [0, 0.05) is 12.4 Å². The number of para-hydroxylation sites is 1. The lowest BCUT2D eigenvalue weighted by Crippen LogP contribution is -2.15. The molecule has 0 unspecified atom stereocenters. The Morgan fingerprint density at radius 3 is 2.82 bits per heavy atom. The molecule has 0 fully saturated rings. The summed E-state index contributed by atoms with van der Waals surface area (Å²) in [6, 6.07) is 9.76. The van der Waals surface area contributed by atoms with Crippen molar-refractivity contribution in [2.45, 2.75) is 20.0 Å². The molecule has 22 heavy (non-hydrogen) atoms. The second kappa shape index (κ2) is 5.77. The van der Waals surface area contributed by atoms with Crippen molar-refractivity contribution in [3.8, 4) is 5.82 Å². The summed E-state index contributed by atoms with van der Waals surface area (Å²) in [5.41, 5.74) is 1.20. The van der Waals surface area contributed by atoms with E-state index in [0.717, 1.165) is 10.9 Å². The van der Waals surface area contributed by atoms with Crippen LogP contribution < -0.4 is 0 Å². The molecule has 0 radical (unpaired) electrons. The Bertz CT molecular complexity index is 842. The lowest BCUT2D eigenvalue weighted by atomic mass is 10.2. The van der Waals surface area contributed by atoms with E-state index >= 15 is 0 Å². The standard InChI is InChI=1S/C16H14ClN3O2/c1-10(2)22-15(21)12-9-18-16(17)19-14(12)20-8-7-11-5-3-4-6-13(11)20/h3-10H,1-2H3. The van der Waals surface area contributed by atoms with Crippen LogP contribution in [0.1, 0.15) is 24.2 Å². The highest BCUT2D eigenvalue weighted by molar-refractivity contribution is 6.28. The topological polar surface area (TPSA) is 57.0 Å². The molecule has 2 heterocycles. The van der Waals surface area contributed by atoms with Gasteiger partial charge in [-0.1, -0.05) is 18.2 Å². The molecular formula is C16H14ClN3O2. The van der Waals surface area contributed by atoms with Crippen molar-refractivity contribution in [2.75, 3.05) is 0 Å². The lowest BCUT2D eigenvalue weighted by Gasteiger charge is -2.12. The van der Waals surface area contributed by atoms with Crippen LogP contribution in [0.15, 0.2) is 42.7 Å². The molecule has 6 heteroatoms. The monoisotopic (exact) mass is 315 g/mol. The highest BCUT2D eigenvalue weighted by atomic mass is 35.5. The molecule has 0 aliphatic carbocycles. The van der Waals surface area contributed by atoms with Gasteiger partial charge < -0.3 is 9.30 Å². The number of carbonyl (C=O) groups excluding carboxylic acids is 1. The van der Waals surface area contributed by atoms with Crippen molar-refractivity contribution >= 4 is 28.5 Å². The van der Waals surface area contributed by atoms with Gasteiger partial charge in [-0.3, -0.25) is 0 Å². The summed E-state index contributed by atoms with van der Waals surface area (Å²) < 4.78 is 7.06. The van der Waals surface area contributed by atoms with Crippen LogP contribution in [0.25, 0.3) is 16.7 Å². The molecule has 0 bridgehead atoms. The molecule has 5 nitrogen and oxygen atoms in total. The predicted octanol–water partition coefficient (Wildman–Crippen LogP) is 3.64. The van der Waals surface area contributed by atoms with Gasteiger partial charge in [-0.05, 0) is 43.0 Å². The van der Waals surface area contributed by atoms with Gasteiger partial charge >= 0.3 is 5.97 Å². The number of hydrogen-bond donors (Lipinski definition) is 0. The van der Waals surface area contributed by atoms with Gasteiger partial charge in [0.15, 0.2) is 5.82 Å². The summed E-state index contributed by atoms with van der Waals surface area (Å²) in [5.74, 6) is -0.0636. The van der Waals surface area contributed by atoms with Gasteiger partial charge in [-0.15, -0.1) is 0 Å². The molecular weight excluding hydrogens is 302 g/mol. The first kappa shape index (κ1) is 14.5. The molecule has 3 rings (SSSR count). The number of halogens is 1. The molecule has 0 atom stereocenters. The Hall–Kier alpha value is -2.40. The zero-order valence-corrected chi connectivity index (χ0v) is 12.9. The van der Waals surface area contributed by atoms with Crippen LogP contribution in [-0.2, 0) is 4.74 Å². The summed E-state index contributed by atoms with van der Waals surface area (Å²) in [5, 5.41) is 1.12. The van der Waals surface area contributed by atoms with Crippen molar-refractivity contribution in [3.05, 3.63) is 53.6 Å². The third-order valence-electron chi connectivity index (χ3n) is 3.13. The van der Waals surface area contributed by atoms with Gasteiger partial charge in [0.2, 0.25) is 5.28 Å². The third kappa shape index (κ3) is 2.67. The van der Waals surface area contributed by atoms with Crippen molar-refractivity contribution in [1.29, 1.82) is 0 Å². The van der Waals surface area contributed by atoms with E-state index in [2.05, 4.69) is 9.97 Å². The normalized spacial score (nSPS) is 11.1. The average Bonchev–Trinajstić information content (AvgIpc) is 2.90. The number of rotatable bonds is 3. The van der Waals surface area contributed by atoms with E-state index in [1.165, 1.54) is 6.20 Å². The molecule has 112 valence electrons. The van der Waals surface area contributed by atoms with E-state index in [1.807, 2.05) is 36.5 Å². The molecule has 0 spiro atoms. The minimum absolute atomic E-state index is 0.0777. The number of ether oxygens (including phenoxy) is 1. The van der Waals surface area contributed by atoms with E-state index in [4.69, 9.17) is 16.3 Å². The maximum Gasteiger partial charge on any atom is 0.343 e. The second-order valence-electron chi connectivity index (χ2n) is 5.07. The van der Waals surface area contributed by atoms with Gasteiger partial charge in [0.05, 0.1) is 11.6 Å². The zero-order chi connectivity index (χ0) is 15.7. The van der Waals surface area contributed by atoms with Crippen molar-refractivity contribution < 1.29 is 9.53 Å². The fourth-order valence-corrected chi connectivity index (χ4v) is 2.35. The van der Waals surface area contributed by atoms with E-state index in [9.17, 15) is 4.79 Å². The fraction of sp³-hybridized carbons (Fsp3) is 0.188. The van der Waals surface area contributed by atoms with Crippen LogP contribution in [0.2, 0.25) is 5.28 Å². The smallest absolute Gasteiger partial charge is 0.343 e. The highest BCUT2D eigenvalue weighted by Crippen LogP contribution is 2.22. The SMILES string of the molecule is CC(C)OC(=O)c1cnc(Cl)nc1-n1ccc2ccccc21. The minimum Gasteiger partial charge on any atom is -0.459 e. The number of aromatic nitrogens is 3. The first-order valence-electron chi connectivity index (χ1n) is 6.86. The first-order valence-corrected chi connectivity index (χ1v) is 7.24. The van der Waals surface area contributed by atoms with Crippen molar-refractivity contribution in [3.63, 3.8) is 0 Å². The maximum atomic E-state index is 12.3. The summed E-state index contributed by atoms with van der Waals surface area (Å²) >= 11 is 5.91. The number of benzene rings is 1. The quantitative estimate of drug-likeness (QED) is 0.547. The Labute approximate surface area is 132 Å². The summed E-state index contributed by atoms with van der Waals surface area (Å²) in [6.07, 6.45) is 3.01. The Kier molecular flexibility index (Phi) is 3.81. The molecule has 3 aromatic rings. The largest absolute Gasteiger partial charge is 0.459 e. The van der Waals surface area contributed by atoms with Crippen LogP contribution in [0.3, 0.4) is 0 Å². The van der Waals surface area contributed by atoms with Gasteiger partial charge in [0.1, 0.15) is 5.56 Å². The summed E-state index contributed by atoms with van der Waals surface area (Å²) in [6.45, 7) is 3.58. The minimum atomic E-state index is -0.473. The maximum absolute atomic E-state index is 12.3. The van der Waals surface area contributed by atoms with Crippen LogP contribution in [0.5, 0.6) is 0 Å². The molecule has 0 aliphatic heterocycles. The molecule has 0 N–H and O–H groups in total. The second-order valence-corrected chi connectivity index (χ2v) is 5.41. The molecule has 0 saturated carbocycles. The van der Waals surface area contributed by atoms with Crippen molar-refractivity contribution in [2.24, 2.45) is 0 Å². The highest BCUT2D eigenvalue weighted by Gasteiger charge is 2.19. The summed E-state index contributed by atoms with van der Waals surface area (Å²) in [4.78, 5) is 20.4. The average molecular weight is 316 g/mol. The Balaban J connectivity index is 2.17. The van der Waals surface area contributed by atoms with Crippen molar-refractivity contribution in [1.82, 2.24) is 14.5 Å². The number of carbonyl (C=O) groups is 1. The zero-order valence-electron chi connectivity index (χ0n) is 12.2. The number of esters is 1. The van der Waals surface area contributed by atoms with E-state index < -0.39 is 5.97 Å². The van der Waals surface area contributed by atoms with Gasteiger partial charge in [0.25, 0.3) is 0 Å². The van der Waals surface area contributed by atoms with Gasteiger partial charge in [-0.25, -0.2) is 9.78 Å². The van der Waals surface area contributed by atoms with E-state index in [-0.39, 0.29) is 17.0 Å². The van der Waals surface area contributed by atoms with E-state index in [1.54, 1.807) is 18.4 Å². The lowest BCUT2D eigenvalue weighted by molar-refractivity contribution is 0.0377. The summed E-state index contributed by atoms with van der Waals surface area (Å²) in [7, 11) is 0. The van der Waals surface area contributed by atoms with Crippen LogP contribution in [0, 0.1) is 0 Å². The molecule has 1 aromatic carbocycles. The first-order chi connectivity index (χ1) is 10.6.